The molecule has 2 aliphatic heterocycles. The molecule has 32 heavy (non-hydrogen) atoms. The van der Waals surface area contributed by atoms with Gasteiger partial charge in [-0.3, -0.25) is 14.4 Å². The minimum absolute atomic E-state index is 0.0259. The van der Waals surface area contributed by atoms with E-state index in [1.54, 1.807) is 7.11 Å². The van der Waals surface area contributed by atoms with Gasteiger partial charge in [0, 0.05) is 37.6 Å². The number of hydrogen-bond donors (Lipinski definition) is 1. The van der Waals surface area contributed by atoms with Gasteiger partial charge in [0.15, 0.2) is 0 Å². The largest absolute Gasteiger partial charge is 0.381 e. The molecule has 2 saturated carbocycles. The van der Waals surface area contributed by atoms with Crippen LogP contribution in [0.25, 0.3) is 0 Å². The average Bonchev–Trinajstić information content (AvgIpc) is 3.68. The highest BCUT2D eigenvalue weighted by Gasteiger charge is 2.38. The summed E-state index contributed by atoms with van der Waals surface area (Å²) in [6.07, 6.45) is 9.11. The molecule has 1 unspecified atom stereocenters. The maximum Gasteiger partial charge on any atom is 0.254 e. The molecule has 5 rings (SSSR count). The lowest BCUT2D eigenvalue weighted by Crippen LogP contribution is -2.45. The van der Waals surface area contributed by atoms with Crippen LogP contribution in [0.3, 0.4) is 0 Å². The average molecular weight is 443 g/mol. The summed E-state index contributed by atoms with van der Waals surface area (Å²) in [7, 11) is 1.74. The van der Waals surface area contributed by atoms with E-state index in [0.717, 1.165) is 57.8 Å². The molecule has 0 aromatic carbocycles. The number of hydrogen-bond acceptors (Lipinski definition) is 5. The van der Waals surface area contributed by atoms with E-state index < -0.39 is 0 Å². The van der Waals surface area contributed by atoms with E-state index in [1.165, 1.54) is 0 Å². The third-order valence-corrected chi connectivity index (χ3v) is 7.79. The molecule has 1 aromatic heterocycles. The SMILES string of the molecule is COC1CCC(C(=O)N2CCCCC2c2nc3c(c(=O)[nH]2)CCN(C(=O)C2CC2)C3)CC1. The molecule has 1 saturated heterocycles. The number of carbonyl (C=O) groups excluding carboxylic acids is 2. The zero-order chi connectivity index (χ0) is 22.2. The number of aromatic amines is 1. The van der Waals surface area contributed by atoms with Gasteiger partial charge in [-0.25, -0.2) is 4.98 Å². The monoisotopic (exact) mass is 442 g/mol. The van der Waals surface area contributed by atoms with Crippen LogP contribution in [0.5, 0.6) is 0 Å². The molecule has 0 spiro atoms. The first-order valence-corrected chi connectivity index (χ1v) is 12.3. The Balaban J connectivity index is 1.36. The lowest BCUT2D eigenvalue weighted by atomic mass is 9.85. The zero-order valence-corrected chi connectivity index (χ0v) is 19.0. The first-order chi connectivity index (χ1) is 15.5. The minimum atomic E-state index is -0.191. The van der Waals surface area contributed by atoms with E-state index in [2.05, 4.69) is 4.98 Å². The molecule has 3 fully saturated rings. The van der Waals surface area contributed by atoms with E-state index in [9.17, 15) is 14.4 Å². The number of aromatic nitrogens is 2. The van der Waals surface area contributed by atoms with Crippen LogP contribution in [-0.2, 0) is 27.3 Å². The van der Waals surface area contributed by atoms with Crippen molar-refractivity contribution in [3.63, 3.8) is 0 Å². The van der Waals surface area contributed by atoms with Gasteiger partial charge in [-0.05, 0) is 64.2 Å². The molecule has 0 radical (unpaired) electrons. The molecule has 1 atom stereocenters. The standard InChI is InChI=1S/C24H34N4O4/c1-32-17-9-7-16(8-10-17)24(31)28-12-3-2-4-20(28)21-25-19-14-27(23(30)15-5-6-15)13-11-18(19)22(29)26-21/h15-17,20H,2-14H2,1H3,(H,25,26,29). The number of fused-ring (bicyclic) bond motifs is 1. The second kappa shape index (κ2) is 8.96. The summed E-state index contributed by atoms with van der Waals surface area (Å²) in [6.45, 7) is 1.70. The van der Waals surface area contributed by atoms with Gasteiger partial charge in [0.2, 0.25) is 11.8 Å². The number of nitrogens with zero attached hydrogens (tertiary/aromatic N) is 3. The van der Waals surface area contributed by atoms with Crippen molar-refractivity contribution in [3.8, 4) is 0 Å². The number of ether oxygens (including phenoxy) is 1. The number of H-pyrrole nitrogens is 1. The van der Waals surface area contributed by atoms with Crippen LogP contribution in [0, 0.1) is 11.8 Å². The maximum absolute atomic E-state index is 13.4. The normalized spacial score (nSPS) is 28.3. The number of methoxy groups -OCH3 is 1. The summed E-state index contributed by atoms with van der Waals surface area (Å²) in [5.41, 5.74) is 1.30. The highest BCUT2D eigenvalue weighted by molar-refractivity contribution is 5.81. The summed E-state index contributed by atoms with van der Waals surface area (Å²) in [6, 6.07) is -0.191. The van der Waals surface area contributed by atoms with Crippen molar-refractivity contribution in [2.75, 3.05) is 20.2 Å². The van der Waals surface area contributed by atoms with E-state index in [4.69, 9.17) is 9.72 Å². The second-order valence-corrected chi connectivity index (χ2v) is 9.91. The van der Waals surface area contributed by atoms with Crippen LogP contribution < -0.4 is 5.56 Å². The summed E-state index contributed by atoms with van der Waals surface area (Å²) >= 11 is 0. The summed E-state index contributed by atoms with van der Waals surface area (Å²) in [4.78, 5) is 50.5. The Kier molecular flexibility index (Phi) is 6.05. The molecular formula is C24H34N4O4. The van der Waals surface area contributed by atoms with Gasteiger partial charge >= 0.3 is 0 Å². The van der Waals surface area contributed by atoms with E-state index in [1.807, 2.05) is 9.80 Å². The van der Waals surface area contributed by atoms with Crippen LogP contribution in [0.2, 0.25) is 0 Å². The summed E-state index contributed by atoms with van der Waals surface area (Å²) < 4.78 is 5.46. The Morgan fingerprint density at radius 3 is 2.41 bits per heavy atom. The first-order valence-electron chi connectivity index (χ1n) is 12.3. The molecule has 8 heteroatoms. The highest BCUT2D eigenvalue weighted by Crippen LogP contribution is 2.35. The molecule has 1 aromatic rings. The van der Waals surface area contributed by atoms with Crippen LogP contribution in [-0.4, -0.2) is 57.9 Å². The van der Waals surface area contributed by atoms with Crippen LogP contribution in [0.4, 0.5) is 0 Å². The summed E-state index contributed by atoms with van der Waals surface area (Å²) in [5, 5.41) is 0. The third kappa shape index (κ3) is 4.21. The van der Waals surface area contributed by atoms with Crippen molar-refractivity contribution in [2.45, 2.75) is 82.9 Å². The zero-order valence-electron chi connectivity index (χ0n) is 19.0. The lowest BCUT2D eigenvalue weighted by Gasteiger charge is -2.39. The number of likely N-dealkylation sites (tertiary alicyclic amines) is 1. The van der Waals surface area contributed by atoms with E-state index >= 15 is 0 Å². The fourth-order valence-corrected chi connectivity index (χ4v) is 5.65. The van der Waals surface area contributed by atoms with Crippen molar-refractivity contribution < 1.29 is 14.3 Å². The Bertz CT molecular complexity index is 932. The van der Waals surface area contributed by atoms with Crippen molar-refractivity contribution in [2.24, 2.45) is 11.8 Å². The van der Waals surface area contributed by atoms with Crippen LogP contribution in [0.15, 0.2) is 4.79 Å². The second-order valence-electron chi connectivity index (χ2n) is 9.91. The Hall–Kier alpha value is -2.22. The highest BCUT2D eigenvalue weighted by atomic mass is 16.5. The van der Waals surface area contributed by atoms with Crippen molar-refractivity contribution in [1.82, 2.24) is 19.8 Å². The molecule has 4 aliphatic rings. The lowest BCUT2D eigenvalue weighted by molar-refractivity contribution is -0.141. The number of nitrogens with one attached hydrogen (secondary N) is 1. The Morgan fingerprint density at radius 2 is 1.69 bits per heavy atom. The fourth-order valence-electron chi connectivity index (χ4n) is 5.65. The van der Waals surface area contributed by atoms with Crippen LogP contribution >= 0.6 is 0 Å². The minimum Gasteiger partial charge on any atom is -0.381 e. The van der Waals surface area contributed by atoms with Gasteiger partial charge in [0.05, 0.1) is 24.4 Å². The third-order valence-electron chi connectivity index (χ3n) is 7.79. The summed E-state index contributed by atoms with van der Waals surface area (Å²) in [5.74, 6) is 1.17. The topological polar surface area (TPSA) is 95.6 Å². The number of carbonyl (C=O) groups is 2. The molecule has 0 bridgehead atoms. The van der Waals surface area contributed by atoms with Gasteiger partial charge < -0.3 is 19.5 Å². The Labute approximate surface area is 188 Å². The van der Waals surface area contributed by atoms with Crippen molar-refractivity contribution >= 4 is 11.8 Å². The van der Waals surface area contributed by atoms with Gasteiger partial charge in [0.25, 0.3) is 5.56 Å². The predicted octanol–water partition coefficient (Wildman–Crippen LogP) is 2.32. The Morgan fingerprint density at radius 1 is 0.969 bits per heavy atom. The maximum atomic E-state index is 13.4. The molecule has 1 N–H and O–H groups in total. The van der Waals surface area contributed by atoms with Crippen molar-refractivity contribution in [3.05, 3.63) is 27.4 Å². The van der Waals surface area contributed by atoms with E-state index in [0.29, 0.717) is 43.1 Å². The molecule has 2 aliphatic carbocycles. The number of rotatable bonds is 4. The van der Waals surface area contributed by atoms with Crippen LogP contribution in [0.1, 0.15) is 80.9 Å². The van der Waals surface area contributed by atoms with E-state index in [-0.39, 0.29) is 41.4 Å². The van der Waals surface area contributed by atoms with Gasteiger partial charge in [-0.2, -0.15) is 0 Å². The van der Waals surface area contributed by atoms with Gasteiger partial charge in [-0.1, -0.05) is 0 Å². The molecular weight excluding hydrogens is 408 g/mol. The molecule has 174 valence electrons. The van der Waals surface area contributed by atoms with Gasteiger partial charge in [-0.15, -0.1) is 0 Å². The smallest absolute Gasteiger partial charge is 0.254 e. The number of piperidine rings is 1. The molecule has 8 nitrogen and oxygen atoms in total. The quantitative estimate of drug-likeness (QED) is 0.772. The number of amides is 2. The van der Waals surface area contributed by atoms with Gasteiger partial charge in [0.1, 0.15) is 5.82 Å². The fraction of sp³-hybridized carbons (Fsp3) is 0.750. The predicted molar refractivity (Wildman–Crippen MR) is 118 cm³/mol. The molecule has 2 amide bonds. The first kappa shape index (κ1) is 21.6. The van der Waals surface area contributed by atoms with Crippen molar-refractivity contribution in [1.29, 1.82) is 0 Å². The molecule has 3 heterocycles.